The van der Waals surface area contributed by atoms with E-state index in [4.69, 9.17) is 11.5 Å². The van der Waals surface area contributed by atoms with E-state index in [0.717, 1.165) is 0 Å². The Morgan fingerprint density at radius 1 is 1.50 bits per heavy atom. The highest BCUT2D eigenvalue weighted by Crippen LogP contribution is 1.89. The van der Waals surface area contributed by atoms with Crippen molar-refractivity contribution >= 4 is 11.8 Å². The molecule has 0 aliphatic rings. The molecule has 70 valence electrons. The van der Waals surface area contributed by atoms with Gasteiger partial charge in [0.05, 0.1) is 6.04 Å². The molecule has 0 rings (SSSR count). The van der Waals surface area contributed by atoms with Gasteiger partial charge in [-0.2, -0.15) is 0 Å². The van der Waals surface area contributed by atoms with Gasteiger partial charge in [0.25, 0.3) is 0 Å². The Labute approximate surface area is 71.5 Å². The van der Waals surface area contributed by atoms with E-state index in [1.165, 1.54) is 0 Å². The van der Waals surface area contributed by atoms with Gasteiger partial charge in [0.15, 0.2) is 0 Å². The Balaban J connectivity index is 4.03. The first-order valence-electron chi connectivity index (χ1n) is 3.84. The normalized spacial score (nSPS) is 14.9. The SMILES string of the molecule is CCC(NC(=O)C(C)N)C(N)=O. The summed E-state index contributed by atoms with van der Waals surface area (Å²) in [5.74, 6) is -0.896. The predicted molar refractivity (Wildman–Crippen MR) is 45.1 cm³/mol. The van der Waals surface area contributed by atoms with Crippen molar-refractivity contribution in [3.8, 4) is 0 Å². The molecule has 0 bridgehead atoms. The Hall–Kier alpha value is -1.10. The smallest absolute Gasteiger partial charge is 0.239 e. The number of nitrogens with one attached hydrogen (secondary N) is 1. The van der Waals surface area contributed by atoms with E-state index >= 15 is 0 Å². The van der Waals surface area contributed by atoms with Crippen LogP contribution in [0, 0.1) is 0 Å². The summed E-state index contributed by atoms with van der Waals surface area (Å²) in [6.45, 7) is 3.31. The minimum atomic E-state index is -0.613. The summed E-state index contributed by atoms with van der Waals surface area (Å²) in [7, 11) is 0. The summed E-state index contributed by atoms with van der Waals surface area (Å²) in [5, 5.41) is 2.43. The molecule has 2 amide bonds. The van der Waals surface area contributed by atoms with E-state index in [9.17, 15) is 9.59 Å². The van der Waals surface area contributed by atoms with Gasteiger partial charge in [-0.15, -0.1) is 0 Å². The summed E-state index contributed by atoms with van der Waals surface area (Å²) in [5.41, 5.74) is 10.3. The number of carbonyl (C=O) groups excluding carboxylic acids is 2. The summed E-state index contributed by atoms with van der Waals surface area (Å²) in [4.78, 5) is 21.6. The van der Waals surface area contributed by atoms with E-state index in [2.05, 4.69) is 5.32 Å². The molecular formula is C7H15N3O2. The lowest BCUT2D eigenvalue weighted by molar-refractivity contribution is -0.127. The maximum absolute atomic E-state index is 11.0. The molecule has 0 radical (unpaired) electrons. The topological polar surface area (TPSA) is 98.2 Å². The highest BCUT2D eigenvalue weighted by molar-refractivity contribution is 5.88. The number of amides is 2. The van der Waals surface area contributed by atoms with Crippen molar-refractivity contribution in [3.63, 3.8) is 0 Å². The summed E-state index contributed by atoms with van der Waals surface area (Å²) >= 11 is 0. The fourth-order valence-electron chi connectivity index (χ4n) is 0.678. The van der Waals surface area contributed by atoms with Crippen LogP contribution in [0.3, 0.4) is 0 Å². The predicted octanol–water partition coefficient (Wildman–Crippen LogP) is -1.29. The van der Waals surface area contributed by atoms with Crippen LogP contribution in [0.25, 0.3) is 0 Å². The van der Waals surface area contributed by atoms with E-state index in [-0.39, 0.29) is 5.91 Å². The monoisotopic (exact) mass is 173 g/mol. The van der Waals surface area contributed by atoms with E-state index in [1.54, 1.807) is 13.8 Å². The molecule has 0 aliphatic carbocycles. The van der Waals surface area contributed by atoms with Gasteiger partial charge in [-0.3, -0.25) is 9.59 Å². The first-order chi connectivity index (χ1) is 5.49. The Morgan fingerprint density at radius 2 is 2.00 bits per heavy atom. The summed E-state index contributed by atoms with van der Waals surface area (Å²) in [6.07, 6.45) is 0.480. The minimum Gasteiger partial charge on any atom is -0.368 e. The molecule has 5 heteroatoms. The number of hydrogen-bond acceptors (Lipinski definition) is 3. The maximum atomic E-state index is 11.0. The van der Waals surface area contributed by atoms with Crippen LogP contribution in [0.1, 0.15) is 20.3 Å². The Bertz CT molecular complexity index is 179. The van der Waals surface area contributed by atoms with Crippen molar-refractivity contribution in [2.45, 2.75) is 32.4 Å². The van der Waals surface area contributed by atoms with E-state index in [1.807, 2.05) is 0 Å². The lowest BCUT2D eigenvalue weighted by Crippen LogP contribution is -2.49. The van der Waals surface area contributed by atoms with Crippen LogP contribution in [-0.4, -0.2) is 23.9 Å². The molecule has 0 saturated carbocycles. The van der Waals surface area contributed by atoms with Gasteiger partial charge in [0, 0.05) is 0 Å². The molecule has 2 unspecified atom stereocenters. The van der Waals surface area contributed by atoms with Crippen LogP contribution in [0.15, 0.2) is 0 Å². The van der Waals surface area contributed by atoms with Crippen molar-refractivity contribution in [2.75, 3.05) is 0 Å². The molecule has 0 aromatic heterocycles. The number of primary amides is 1. The standard InChI is InChI=1S/C7H15N3O2/c1-3-5(6(9)11)10-7(12)4(2)8/h4-5H,3,8H2,1-2H3,(H2,9,11)(H,10,12). The first-order valence-corrected chi connectivity index (χ1v) is 3.84. The van der Waals surface area contributed by atoms with Crippen molar-refractivity contribution in [1.82, 2.24) is 5.32 Å². The molecule has 0 spiro atoms. The van der Waals surface area contributed by atoms with E-state index in [0.29, 0.717) is 6.42 Å². The molecule has 0 saturated heterocycles. The minimum absolute atomic E-state index is 0.361. The van der Waals surface area contributed by atoms with Crippen molar-refractivity contribution < 1.29 is 9.59 Å². The van der Waals surface area contributed by atoms with Gasteiger partial charge in [-0.05, 0) is 13.3 Å². The summed E-state index contributed by atoms with van der Waals surface area (Å²) < 4.78 is 0. The molecule has 12 heavy (non-hydrogen) atoms. The van der Waals surface area contributed by atoms with Gasteiger partial charge in [-0.1, -0.05) is 6.92 Å². The highest BCUT2D eigenvalue weighted by atomic mass is 16.2. The van der Waals surface area contributed by atoms with Crippen molar-refractivity contribution in [2.24, 2.45) is 11.5 Å². The van der Waals surface area contributed by atoms with Gasteiger partial charge in [-0.25, -0.2) is 0 Å². The second-order valence-corrected chi connectivity index (χ2v) is 2.66. The number of carbonyl (C=O) groups is 2. The number of hydrogen-bond donors (Lipinski definition) is 3. The number of rotatable bonds is 4. The van der Waals surface area contributed by atoms with Crippen LogP contribution < -0.4 is 16.8 Å². The van der Waals surface area contributed by atoms with Crippen molar-refractivity contribution in [3.05, 3.63) is 0 Å². The lowest BCUT2D eigenvalue weighted by atomic mass is 10.2. The molecule has 5 nitrogen and oxygen atoms in total. The fourth-order valence-corrected chi connectivity index (χ4v) is 0.678. The van der Waals surface area contributed by atoms with Crippen LogP contribution >= 0.6 is 0 Å². The molecule has 0 aromatic rings. The quantitative estimate of drug-likeness (QED) is 0.493. The van der Waals surface area contributed by atoms with Crippen LogP contribution in [-0.2, 0) is 9.59 Å². The highest BCUT2D eigenvalue weighted by Gasteiger charge is 2.17. The fraction of sp³-hybridized carbons (Fsp3) is 0.714. The molecule has 5 N–H and O–H groups in total. The van der Waals surface area contributed by atoms with Crippen molar-refractivity contribution in [1.29, 1.82) is 0 Å². The molecule has 0 aromatic carbocycles. The average Bonchev–Trinajstić information content (AvgIpc) is 1.98. The maximum Gasteiger partial charge on any atom is 0.239 e. The zero-order valence-electron chi connectivity index (χ0n) is 7.33. The third-order valence-electron chi connectivity index (χ3n) is 1.48. The molecule has 2 atom stereocenters. The lowest BCUT2D eigenvalue weighted by Gasteiger charge is -2.14. The molecule has 0 heterocycles. The average molecular weight is 173 g/mol. The zero-order valence-corrected chi connectivity index (χ0v) is 7.33. The van der Waals surface area contributed by atoms with Crippen LogP contribution in [0.5, 0.6) is 0 Å². The van der Waals surface area contributed by atoms with Crippen LogP contribution in [0.2, 0.25) is 0 Å². The van der Waals surface area contributed by atoms with Gasteiger partial charge in [0.1, 0.15) is 6.04 Å². The Morgan fingerprint density at radius 3 is 2.25 bits per heavy atom. The number of nitrogens with two attached hydrogens (primary N) is 2. The molecule has 0 fully saturated rings. The third-order valence-corrected chi connectivity index (χ3v) is 1.48. The third kappa shape index (κ3) is 3.34. The second-order valence-electron chi connectivity index (χ2n) is 2.66. The first kappa shape index (κ1) is 10.9. The van der Waals surface area contributed by atoms with Crippen LogP contribution in [0.4, 0.5) is 0 Å². The second kappa shape index (κ2) is 4.71. The summed E-state index contributed by atoms with van der Waals surface area (Å²) in [6, 6.07) is -1.22. The van der Waals surface area contributed by atoms with Gasteiger partial charge < -0.3 is 16.8 Å². The van der Waals surface area contributed by atoms with E-state index < -0.39 is 18.0 Å². The zero-order chi connectivity index (χ0) is 9.72. The molecular weight excluding hydrogens is 158 g/mol. The van der Waals surface area contributed by atoms with Gasteiger partial charge >= 0.3 is 0 Å². The largest absolute Gasteiger partial charge is 0.368 e. The molecule has 0 aliphatic heterocycles. The Kier molecular flexibility index (Phi) is 4.28. The van der Waals surface area contributed by atoms with Gasteiger partial charge in [0.2, 0.25) is 11.8 Å².